The maximum absolute atomic E-state index is 8.82. The molecule has 0 saturated heterocycles. The van der Waals surface area contributed by atoms with E-state index in [1.807, 2.05) is 6.92 Å². The van der Waals surface area contributed by atoms with E-state index in [2.05, 4.69) is 20.4 Å². The van der Waals surface area contributed by atoms with Crippen molar-refractivity contribution in [3.8, 4) is 0 Å². The van der Waals surface area contributed by atoms with Crippen LogP contribution in [0.4, 0.5) is 5.95 Å². The first kappa shape index (κ1) is 10.8. The van der Waals surface area contributed by atoms with Gasteiger partial charge in [0.25, 0.3) is 0 Å². The van der Waals surface area contributed by atoms with Crippen LogP contribution in [0.3, 0.4) is 0 Å². The molecule has 0 aromatic carbocycles. The van der Waals surface area contributed by atoms with Gasteiger partial charge in [-0.2, -0.15) is 14.6 Å². The summed E-state index contributed by atoms with van der Waals surface area (Å²) < 4.78 is 1.68. The van der Waals surface area contributed by atoms with E-state index in [0.29, 0.717) is 11.8 Å². The Morgan fingerprint density at radius 3 is 2.94 bits per heavy atom. The van der Waals surface area contributed by atoms with Gasteiger partial charge in [-0.05, 0) is 19.8 Å². The maximum Gasteiger partial charge on any atom is 0.227 e. The number of aromatic nitrogens is 4. The molecular formula is C10H15N5O. The SMILES string of the molecule is CNc1nc(C)nc2c(CCCO)cnn12. The molecule has 0 aliphatic carbocycles. The summed E-state index contributed by atoms with van der Waals surface area (Å²) in [4.78, 5) is 8.61. The fraction of sp³-hybridized carbons (Fsp3) is 0.500. The summed E-state index contributed by atoms with van der Waals surface area (Å²) in [7, 11) is 1.80. The third kappa shape index (κ3) is 1.83. The van der Waals surface area contributed by atoms with E-state index in [1.54, 1.807) is 17.8 Å². The zero-order valence-corrected chi connectivity index (χ0v) is 9.43. The second kappa shape index (κ2) is 4.44. The lowest BCUT2D eigenvalue weighted by Gasteiger charge is -2.04. The van der Waals surface area contributed by atoms with Crippen molar-refractivity contribution in [1.29, 1.82) is 0 Å². The fourth-order valence-electron chi connectivity index (χ4n) is 1.64. The molecule has 0 amide bonds. The highest BCUT2D eigenvalue weighted by Gasteiger charge is 2.09. The van der Waals surface area contributed by atoms with Crippen molar-refractivity contribution in [2.24, 2.45) is 0 Å². The summed E-state index contributed by atoms with van der Waals surface area (Å²) in [6.07, 6.45) is 3.28. The van der Waals surface area contributed by atoms with Gasteiger partial charge >= 0.3 is 0 Å². The van der Waals surface area contributed by atoms with Gasteiger partial charge in [0.05, 0.1) is 6.20 Å². The Balaban J connectivity index is 2.49. The van der Waals surface area contributed by atoms with Gasteiger partial charge in [0.1, 0.15) is 5.82 Å². The Bertz CT molecular complexity index is 493. The van der Waals surface area contributed by atoms with E-state index in [0.717, 1.165) is 24.1 Å². The normalized spacial score (nSPS) is 10.9. The zero-order valence-electron chi connectivity index (χ0n) is 9.43. The van der Waals surface area contributed by atoms with Crippen LogP contribution < -0.4 is 5.32 Å². The van der Waals surface area contributed by atoms with Crippen LogP contribution in [0.1, 0.15) is 17.8 Å². The molecule has 6 heteroatoms. The number of anilines is 1. The minimum atomic E-state index is 0.181. The Morgan fingerprint density at radius 2 is 2.25 bits per heavy atom. The number of nitrogens with one attached hydrogen (secondary N) is 1. The molecule has 2 aromatic heterocycles. The number of aliphatic hydroxyl groups excluding tert-OH is 1. The smallest absolute Gasteiger partial charge is 0.227 e. The first-order valence-electron chi connectivity index (χ1n) is 5.26. The zero-order chi connectivity index (χ0) is 11.5. The average molecular weight is 221 g/mol. The fourth-order valence-corrected chi connectivity index (χ4v) is 1.64. The molecule has 86 valence electrons. The third-order valence-corrected chi connectivity index (χ3v) is 2.38. The molecule has 0 unspecified atom stereocenters. The van der Waals surface area contributed by atoms with Gasteiger partial charge < -0.3 is 10.4 Å². The number of hydrogen-bond donors (Lipinski definition) is 2. The predicted molar refractivity (Wildman–Crippen MR) is 60.5 cm³/mol. The predicted octanol–water partition coefficient (Wildman–Crippen LogP) is 0.399. The lowest BCUT2D eigenvalue weighted by atomic mass is 10.2. The van der Waals surface area contributed by atoms with E-state index in [4.69, 9.17) is 5.11 Å². The van der Waals surface area contributed by atoms with Crippen LogP contribution in [0.25, 0.3) is 5.65 Å². The molecule has 0 aliphatic heterocycles. The number of aliphatic hydroxyl groups is 1. The minimum Gasteiger partial charge on any atom is -0.396 e. The maximum atomic E-state index is 8.82. The van der Waals surface area contributed by atoms with Gasteiger partial charge in [-0.1, -0.05) is 0 Å². The van der Waals surface area contributed by atoms with Crippen LogP contribution in [-0.2, 0) is 6.42 Å². The highest BCUT2D eigenvalue weighted by molar-refractivity contribution is 5.50. The highest BCUT2D eigenvalue weighted by Crippen LogP contribution is 2.13. The highest BCUT2D eigenvalue weighted by atomic mass is 16.2. The van der Waals surface area contributed by atoms with E-state index >= 15 is 0 Å². The Labute approximate surface area is 93.3 Å². The van der Waals surface area contributed by atoms with Crippen molar-refractivity contribution >= 4 is 11.6 Å². The molecule has 0 aliphatic rings. The summed E-state index contributed by atoms with van der Waals surface area (Å²) in [6, 6.07) is 0. The average Bonchev–Trinajstić information content (AvgIpc) is 2.68. The first-order valence-corrected chi connectivity index (χ1v) is 5.26. The molecule has 0 radical (unpaired) electrons. The van der Waals surface area contributed by atoms with Crippen molar-refractivity contribution < 1.29 is 5.11 Å². The topological polar surface area (TPSA) is 75.3 Å². The molecule has 0 saturated carbocycles. The molecule has 0 spiro atoms. The number of hydrogen-bond acceptors (Lipinski definition) is 5. The summed E-state index contributed by atoms with van der Waals surface area (Å²) in [5.74, 6) is 1.39. The van der Waals surface area contributed by atoms with Crippen LogP contribution in [0.15, 0.2) is 6.20 Å². The van der Waals surface area contributed by atoms with Gasteiger partial charge in [0.2, 0.25) is 5.95 Å². The molecule has 0 bridgehead atoms. The molecule has 0 fully saturated rings. The van der Waals surface area contributed by atoms with Crippen molar-refractivity contribution in [3.63, 3.8) is 0 Å². The second-order valence-electron chi connectivity index (χ2n) is 3.58. The van der Waals surface area contributed by atoms with E-state index in [-0.39, 0.29) is 6.61 Å². The number of rotatable bonds is 4. The van der Waals surface area contributed by atoms with Crippen molar-refractivity contribution in [3.05, 3.63) is 17.6 Å². The molecule has 2 aromatic rings. The van der Waals surface area contributed by atoms with Gasteiger partial charge in [-0.15, -0.1) is 0 Å². The van der Waals surface area contributed by atoms with Crippen LogP contribution in [0.2, 0.25) is 0 Å². The molecule has 0 atom stereocenters. The lowest BCUT2D eigenvalue weighted by molar-refractivity contribution is 0.288. The van der Waals surface area contributed by atoms with E-state index in [9.17, 15) is 0 Å². The Kier molecular flexibility index (Phi) is 3.00. The van der Waals surface area contributed by atoms with Crippen molar-refractivity contribution in [2.75, 3.05) is 19.0 Å². The van der Waals surface area contributed by atoms with Crippen LogP contribution in [0, 0.1) is 6.92 Å². The summed E-state index contributed by atoms with van der Waals surface area (Å²) in [5.41, 5.74) is 1.85. The largest absolute Gasteiger partial charge is 0.396 e. The summed E-state index contributed by atoms with van der Waals surface area (Å²) >= 11 is 0. The Morgan fingerprint density at radius 1 is 1.44 bits per heavy atom. The van der Waals surface area contributed by atoms with Crippen LogP contribution in [0.5, 0.6) is 0 Å². The molecule has 2 heterocycles. The van der Waals surface area contributed by atoms with E-state index in [1.165, 1.54) is 0 Å². The monoisotopic (exact) mass is 221 g/mol. The van der Waals surface area contributed by atoms with Gasteiger partial charge in [0.15, 0.2) is 5.65 Å². The van der Waals surface area contributed by atoms with Crippen molar-refractivity contribution in [1.82, 2.24) is 19.6 Å². The molecule has 6 nitrogen and oxygen atoms in total. The number of nitrogens with zero attached hydrogens (tertiary/aromatic N) is 4. The van der Waals surface area contributed by atoms with E-state index < -0.39 is 0 Å². The summed E-state index contributed by atoms with van der Waals surface area (Å²) in [6.45, 7) is 2.03. The second-order valence-corrected chi connectivity index (χ2v) is 3.58. The van der Waals surface area contributed by atoms with Gasteiger partial charge in [0, 0.05) is 19.2 Å². The van der Waals surface area contributed by atoms with Gasteiger partial charge in [-0.3, -0.25) is 0 Å². The van der Waals surface area contributed by atoms with Crippen molar-refractivity contribution in [2.45, 2.75) is 19.8 Å². The quantitative estimate of drug-likeness (QED) is 0.781. The third-order valence-electron chi connectivity index (χ3n) is 2.38. The Hall–Kier alpha value is -1.69. The van der Waals surface area contributed by atoms with Crippen LogP contribution >= 0.6 is 0 Å². The lowest BCUT2D eigenvalue weighted by Crippen LogP contribution is -2.06. The standard InChI is InChI=1S/C10H15N5O/c1-7-13-9-8(4-3-5-16)6-12-15(9)10(11-2)14-7/h6,16H,3-5H2,1-2H3,(H,11,13,14). The molecule has 16 heavy (non-hydrogen) atoms. The first-order chi connectivity index (χ1) is 7.76. The number of aryl methyl sites for hydroxylation is 2. The molecular weight excluding hydrogens is 206 g/mol. The molecule has 2 rings (SSSR count). The number of fused-ring (bicyclic) bond motifs is 1. The molecule has 2 N–H and O–H groups in total. The van der Waals surface area contributed by atoms with Gasteiger partial charge in [-0.25, -0.2) is 4.98 Å². The van der Waals surface area contributed by atoms with Crippen LogP contribution in [-0.4, -0.2) is 38.3 Å². The summed E-state index contributed by atoms with van der Waals surface area (Å²) in [5, 5.41) is 16.0. The minimum absolute atomic E-state index is 0.181.